The third-order valence-corrected chi connectivity index (χ3v) is 6.39. The molecule has 0 amide bonds. The third-order valence-electron chi connectivity index (χ3n) is 6.04. The van der Waals surface area contributed by atoms with Crippen molar-refractivity contribution < 1.29 is 0 Å². The molecular weight excluding hydrogens is 366 g/mol. The van der Waals surface area contributed by atoms with E-state index in [4.69, 9.17) is 12.2 Å². The number of aromatic nitrogens is 2. The van der Waals surface area contributed by atoms with Gasteiger partial charge in [-0.1, -0.05) is 18.9 Å². The predicted molar refractivity (Wildman–Crippen MR) is 117 cm³/mol. The Labute approximate surface area is 173 Å². The van der Waals surface area contributed by atoms with Crippen LogP contribution in [0, 0.1) is 0 Å². The van der Waals surface area contributed by atoms with Gasteiger partial charge in [0.05, 0.1) is 17.8 Å². The monoisotopic (exact) mass is 397 g/mol. The van der Waals surface area contributed by atoms with E-state index in [0.29, 0.717) is 6.04 Å². The highest BCUT2D eigenvalue weighted by atomic mass is 32.1. The van der Waals surface area contributed by atoms with Crippen molar-refractivity contribution in [3.8, 4) is 0 Å². The van der Waals surface area contributed by atoms with Crippen LogP contribution in [0.3, 0.4) is 0 Å². The predicted octanol–water partition coefficient (Wildman–Crippen LogP) is 3.92. The maximum absolute atomic E-state index is 5.79. The molecule has 4 rings (SSSR count). The van der Waals surface area contributed by atoms with E-state index in [-0.39, 0.29) is 12.1 Å². The second-order valence-corrected chi connectivity index (χ2v) is 8.64. The van der Waals surface area contributed by atoms with Crippen LogP contribution >= 0.6 is 12.2 Å². The molecule has 2 aromatic heterocycles. The summed E-state index contributed by atoms with van der Waals surface area (Å²) in [6.07, 6.45) is 10.5. The molecule has 0 spiro atoms. The maximum atomic E-state index is 5.79. The van der Waals surface area contributed by atoms with Gasteiger partial charge in [-0.15, -0.1) is 0 Å². The molecule has 2 aliphatic rings. The van der Waals surface area contributed by atoms with E-state index in [1.807, 2.05) is 12.3 Å². The highest BCUT2D eigenvalue weighted by molar-refractivity contribution is 7.80. The van der Waals surface area contributed by atoms with Gasteiger partial charge in [0.25, 0.3) is 0 Å². The molecule has 3 heterocycles. The van der Waals surface area contributed by atoms with Crippen molar-refractivity contribution in [3.63, 3.8) is 0 Å². The summed E-state index contributed by atoms with van der Waals surface area (Å²) in [5.41, 5.74) is 2.42. The summed E-state index contributed by atoms with van der Waals surface area (Å²) in [5.74, 6) is 0. The Bertz CT molecular complexity index is 781. The highest BCUT2D eigenvalue weighted by Crippen LogP contribution is 2.41. The summed E-state index contributed by atoms with van der Waals surface area (Å²) >= 11 is 5.79. The number of pyridine rings is 1. The molecule has 0 radical (unpaired) electrons. The van der Waals surface area contributed by atoms with Crippen LogP contribution in [0.5, 0.6) is 0 Å². The van der Waals surface area contributed by atoms with Crippen LogP contribution in [0.4, 0.5) is 0 Å². The van der Waals surface area contributed by atoms with Crippen molar-refractivity contribution in [1.29, 1.82) is 0 Å². The molecule has 0 bridgehead atoms. The normalized spacial score (nSPS) is 23.0. The Morgan fingerprint density at radius 1 is 1.18 bits per heavy atom. The molecule has 5 nitrogen and oxygen atoms in total. The number of rotatable bonds is 7. The standard InChI is InChI=1S/C22H31N5S/c1-25(2)14-8-16-27-21(19-12-7-15-26(19)17-9-3-4-10-17)20(24-22(27)28)18-11-5-6-13-23-18/h5-7,11-13,15,17,20-21H,3-4,8-10,14,16H2,1-2H3,(H,24,28). The Hall–Kier alpha value is -1.92. The van der Waals surface area contributed by atoms with Crippen molar-refractivity contribution in [2.45, 2.75) is 50.2 Å². The van der Waals surface area contributed by atoms with Gasteiger partial charge in [0.2, 0.25) is 0 Å². The fourth-order valence-corrected chi connectivity index (χ4v) is 5.03. The molecule has 150 valence electrons. The number of nitrogens with zero attached hydrogens (tertiary/aromatic N) is 4. The van der Waals surface area contributed by atoms with Crippen molar-refractivity contribution in [2.24, 2.45) is 0 Å². The van der Waals surface area contributed by atoms with Crippen LogP contribution in [0.25, 0.3) is 0 Å². The van der Waals surface area contributed by atoms with Crippen molar-refractivity contribution in [2.75, 3.05) is 27.2 Å². The second-order valence-electron chi connectivity index (χ2n) is 8.26. The molecule has 1 aliphatic heterocycles. The molecular formula is C22H31N5S. The van der Waals surface area contributed by atoms with E-state index in [1.54, 1.807) is 0 Å². The summed E-state index contributed by atoms with van der Waals surface area (Å²) in [7, 11) is 4.25. The molecule has 2 atom stereocenters. The first-order valence-electron chi connectivity index (χ1n) is 10.4. The Kier molecular flexibility index (Phi) is 5.97. The first-order chi connectivity index (χ1) is 13.6. The first kappa shape index (κ1) is 19.4. The van der Waals surface area contributed by atoms with E-state index in [2.05, 4.69) is 69.2 Å². The van der Waals surface area contributed by atoms with Gasteiger partial charge in [0.1, 0.15) is 0 Å². The first-order valence-corrected chi connectivity index (χ1v) is 10.9. The largest absolute Gasteiger partial charge is 0.352 e. The summed E-state index contributed by atoms with van der Waals surface area (Å²) in [4.78, 5) is 9.28. The van der Waals surface area contributed by atoms with E-state index in [0.717, 1.165) is 30.3 Å². The zero-order chi connectivity index (χ0) is 19.5. The summed E-state index contributed by atoms with van der Waals surface area (Å²) in [6, 6.07) is 11.5. The average Bonchev–Trinajstić information content (AvgIpc) is 3.42. The van der Waals surface area contributed by atoms with Gasteiger partial charge >= 0.3 is 0 Å². The number of nitrogens with one attached hydrogen (secondary N) is 1. The number of hydrogen-bond donors (Lipinski definition) is 1. The van der Waals surface area contributed by atoms with Crippen LogP contribution in [-0.4, -0.2) is 51.6 Å². The second kappa shape index (κ2) is 8.62. The smallest absolute Gasteiger partial charge is 0.170 e. The minimum Gasteiger partial charge on any atom is -0.352 e. The molecule has 6 heteroatoms. The van der Waals surface area contributed by atoms with Crippen LogP contribution in [0.2, 0.25) is 0 Å². The lowest BCUT2D eigenvalue weighted by atomic mass is 10.0. The zero-order valence-electron chi connectivity index (χ0n) is 16.9. The van der Waals surface area contributed by atoms with E-state index in [1.165, 1.54) is 31.4 Å². The average molecular weight is 398 g/mol. The fraction of sp³-hybridized carbons (Fsp3) is 0.545. The third kappa shape index (κ3) is 3.94. The Balaban J connectivity index is 1.67. The lowest BCUT2D eigenvalue weighted by molar-refractivity contribution is 0.278. The molecule has 2 fully saturated rings. The van der Waals surface area contributed by atoms with Gasteiger partial charge in [-0.2, -0.15) is 0 Å². The fourth-order valence-electron chi connectivity index (χ4n) is 4.70. The van der Waals surface area contributed by atoms with Crippen LogP contribution in [0.1, 0.15) is 61.6 Å². The van der Waals surface area contributed by atoms with Gasteiger partial charge in [-0.3, -0.25) is 4.98 Å². The summed E-state index contributed by atoms with van der Waals surface area (Å²) in [6.45, 7) is 2.01. The molecule has 1 aliphatic carbocycles. The summed E-state index contributed by atoms with van der Waals surface area (Å²) in [5, 5.41) is 4.43. The van der Waals surface area contributed by atoms with Crippen molar-refractivity contribution >= 4 is 17.3 Å². The lowest BCUT2D eigenvalue weighted by Gasteiger charge is -2.30. The Morgan fingerprint density at radius 2 is 2.00 bits per heavy atom. The molecule has 1 N–H and O–H groups in total. The van der Waals surface area contributed by atoms with Crippen LogP contribution < -0.4 is 5.32 Å². The number of thiocarbonyl (C=S) groups is 1. The minimum atomic E-state index is 0.0862. The Morgan fingerprint density at radius 3 is 2.71 bits per heavy atom. The van der Waals surface area contributed by atoms with Gasteiger partial charge in [-0.25, -0.2) is 0 Å². The van der Waals surface area contributed by atoms with Crippen molar-refractivity contribution in [3.05, 3.63) is 54.1 Å². The van der Waals surface area contributed by atoms with Gasteiger partial charge in [0, 0.05) is 30.7 Å². The van der Waals surface area contributed by atoms with Gasteiger partial charge in [0.15, 0.2) is 5.11 Å². The van der Waals surface area contributed by atoms with Crippen LogP contribution in [0.15, 0.2) is 42.7 Å². The topological polar surface area (TPSA) is 36.3 Å². The zero-order valence-corrected chi connectivity index (χ0v) is 17.7. The van der Waals surface area contributed by atoms with E-state index in [9.17, 15) is 0 Å². The molecule has 2 unspecified atom stereocenters. The lowest BCUT2D eigenvalue weighted by Crippen LogP contribution is -2.33. The molecule has 28 heavy (non-hydrogen) atoms. The van der Waals surface area contributed by atoms with Crippen molar-refractivity contribution in [1.82, 2.24) is 24.7 Å². The molecule has 0 aromatic carbocycles. The number of hydrogen-bond acceptors (Lipinski definition) is 3. The van der Waals surface area contributed by atoms with Gasteiger partial charge in [-0.05, 0) is 76.4 Å². The van der Waals surface area contributed by atoms with E-state index < -0.39 is 0 Å². The maximum Gasteiger partial charge on any atom is 0.170 e. The molecule has 1 saturated carbocycles. The molecule has 1 saturated heterocycles. The molecule has 2 aromatic rings. The quantitative estimate of drug-likeness (QED) is 0.717. The summed E-state index contributed by atoms with van der Waals surface area (Å²) < 4.78 is 2.52. The van der Waals surface area contributed by atoms with Gasteiger partial charge < -0.3 is 19.7 Å². The van der Waals surface area contributed by atoms with Crippen LogP contribution in [-0.2, 0) is 0 Å². The highest BCUT2D eigenvalue weighted by Gasteiger charge is 2.41. The minimum absolute atomic E-state index is 0.0862. The van der Waals surface area contributed by atoms with E-state index >= 15 is 0 Å². The SMILES string of the molecule is CN(C)CCCN1C(=S)NC(c2ccccn2)C1c1cccn1C1CCCC1.